The number of hydrogen-bond acceptors (Lipinski definition) is 6. The van der Waals surface area contributed by atoms with Crippen molar-refractivity contribution in [3.63, 3.8) is 0 Å². The van der Waals surface area contributed by atoms with Gasteiger partial charge in [-0.15, -0.1) is 0 Å². The van der Waals surface area contributed by atoms with Crippen molar-refractivity contribution >= 4 is 40.1 Å². The van der Waals surface area contributed by atoms with E-state index in [4.69, 9.17) is 0 Å². The Balaban J connectivity index is 1.36. The zero-order valence-corrected chi connectivity index (χ0v) is 17.9. The number of carbonyl (C=O) groups is 2. The van der Waals surface area contributed by atoms with Gasteiger partial charge in [-0.05, 0) is 61.9 Å². The van der Waals surface area contributed by atoms with E-state index in [0.29, 0.717) is 19.4 Å². The van der Waals surface area contributed by atoms with Crippen molar-refractivity contribution in [1.82, 2.24) is 25.2 Å². The predicted octanol–water partition coefficient (Wildman–Crippen LogP) is 3.53. The summed E-state index contributed by atoms with van der Waals surface area (Å²) in [5, 5.41) is 5.97. The lowest BCUT2D eigenvalue weighted by Gasteiger charge is -2.35. The van der Waals surface area contributed by atoms with E-state index in [0.717, 1.165) is 41.1 Å². The van der Waals surface area contributed by atoms with Crippen LogP contribution >= 0.6 is 0 Å². The van der Waals surface area contributed by atoms with E-state index in [1.54, 1.807) is 6.33 Å². The summed E-state index contributed by atoms with van der Waals surface area (Å²) >= 11 is 0. The van der Waals surface area contributed by atoms with Crippen molar-refractivity contribution in [1.29, 1.82) is 0 Å². The number of nitrogens with one attached hydrogen (secondary N) is 3. The van der Waals surface area contributed by atoms with Gasteiger partial charge in [0.05, 0.1) is 5.52 Å². The van der Waals surface area contributed by atoms with E-state index >= 15 is 0 Å². The molecular formula is C24H24N6O2. The van der Waals surface area contributed by atoms with Crippen molar-refractivity contribution < 1.29 is 9.59 Å². The third-order valence-corrected chi connectivity index (χ3v) is 6.69. The van der Waals surface area contributed by atoms with Crippen LogP contribution in [0.15, 0.2) is 36.2 Å². The highest BCUT2D eigenvalue weighted by Gasteiger charge is 2.38. The Kier molecular flexibility index (Phi) is 4.28. The van der Waals surface area contributed by atoms with Gasteiger partial charge in [-0.3, -0.25) is 14.9 Å². The summed E-state index contributed by atoms with van der Waals surface area (Å²) in [7, 11) is 0. The summed E-state index contributed by atoms with van der Waals surface area (Å²) in [5.74, 6) is 0.374. The van der Waals surface area contributed by atoms with E-state index in [-0.39, 0.29) is 17.9 Å². The van der Waals surface area contributed by atoms with Crippen LogP contribution in [0, 0.1) is 6.92 Å². The van der Waals surface area contributed by atoms with E-state index in [1.807, 2.05) is 13.0 Å². The van der Waals surface area contributed by atoms with Gasteiger partial charge < -0.3 is 15.2 Å². The Morgan fingerprint density at radius 1 is 1.12 bits per heavy atom. The number of imide groups is 1. The maximum absolute atomic E-state index is 12.6. The molecule has 3 aliphatic rings. The van der Waals surface area contributed by atoms with Crippen molar-refractivity contribution in [2.75, 3.05) is 5.32 Å². The number of anilines is 2. The molecule has 2 aliphatic heterocycles. The van der Waals surface area contributed by atoms with Crippen LogP contribution in [0.2, 0.25) is 0 Å². The lowest BCUT2D eigenvalue weighted by atomic mass is 9.87. The number of H-pyrrole nitrogens is 1. The maximum Gasteiger partial charge on any atom is 0.249 e. The summed E-state index contributed by atoms with van der Waals surface area (Å²) in [6.07, 6.45) is 5.82. The quantitative estimate of drug-likeness (QED) is 0.552. The minimum Gasteiger partial charge on any atom is -0.355 e. The molecule has 1 aromatic carbocycles. The first kappa shape index (κ1) is 19.0. The number of benzene rings is 1. The molecule has 3 aromatic rings. The third kappa shape index (κ3) is 3.05. The Bertz CT molecular complexity index is 1300. The van der Waals surface area contributed by atoms with Crippen molar-refractivity contribution in [3.05, 3.63) is 53.0 Å². The Labute approximate surface area is 185 Å². The number of aromatic amines is 1. The number of carbonyl (C=O) groups excluding carboxylic acids is 2. The van der Waals surface area contributed by atoms with Crippen LogP contribution in [0.25, 0.3) is 16.7 Å². The molecule has 2 fully saturated rings. The summed E-state index contributed by atoms with van der Waals surface area (Å²) < 4.78 is 0. The second-order valence-electron chi connectivity index (χ2n) is 8.83. The first-order valence-corrected chi connectivity index (χ1v) is 11.1. The molecule has 0 radical (unpaired) electrons. The number of aryl methyl sites for hydroxylation is 1. The number of fused-ring (bicyclic) bond motifs is 2. The molecule has 1 atom stereocenters. The number of hydrogen-bond donors (Lipinski definition) is 3. The molecule has 0 bridgehead atoms. The summed E-state index contributed by atoms with van der Waals surface area (Å²) in [6, 6.07) is 8.04. The third-order valence-electron chi connectivity index (χ3n) is 6.69. The summed E-state index contributed by atoms with van der Waals surface area (Å²) in [6.45, 7) is 2.69. The number of amides is 2. The van der Waals surface area contributed by atoms with Gasteiger partial charge in [0.1, 0.15) is 17.9 Å². The first-order chi connectivity index (χ1) is 15.6. The Morgan fingerprint density at radius 2 is 2.00 bits per heavy atom. The highest BCUT2D eigenvalue weighted by atomic mass is 16.2. The second kappa shape index (κ2) is 7.19. The Hall–Kier alpha value is -3.68. The lowest BCUT2D eigenvalue weighted by molar-refractivity contribution is -0.136. The second-order valence-corrected chi connectivity index (χ2v) is 8.83. The normalized spacial score (nSPS) is 20.4. The van der Waals surface area contributed by atoms with Crippen molar-refractivity contribution in [3.8, 4) is 0 Å². The van der Waals surface area contributed by atoms with Crippen LogP contribution in [-0.4, -0.2) is 37.7 Å². The van der Waals surface area contributed by atoms with Crippen LogP contribution in [0.3, 0.4) is 0 Å². The van der Waals surface area contributed by atoms with Crippen LogP contribution in [0.5, 0.6) is 0 Å². The van der Waals surface area contributed by atoms with E-state index in [9.17, 15) is 9.59 Å². The van der Waals surface area contributed by atoms with Crippen LogP contribution in [0.1, 0.15) is 48.9 Å². The van der Waals surface area contributed by atoms with Crippen LogP contribution in [0.4, 0.5) is 11.5 Å². The molecular weight excluding hydrogens is 404 g/mol. The molecule has 2 aromatic heterocycles. The molecule has 0 spiro atoms. The molecule has 162 valence electrons. The number of piperidine rings is 1. The molecule has 1 aliphatic carbocycles. The Morgan fingerprint density at radius 3 is 2.78 bits per heavy atom. The molecule has 32 heavy (non-hydrogen) atoms. The SMILES string of the molecule is Cc1cc2ncnc(Nc3ccc4c(c3)C(=C3CCC3)N(C3CCC(=O)NC3=O)C4)c2[nH]1. The zero-order valence-electron chi connectivity index (χ0n) is 17.9. The van der Waals surface area contributed by atoms with Gasteiger partial charge in [0.25, 0.3) is 0 Å². The number of rotatable bonds is 3. The molecule has 2 amide bonds. The van der Waals surface area contributed by atoms with Gasteiger partial charge in [-0.1, -0.05) is 6.07 Å². The summed E-state index contributed by atoms with van der Waals surface area (Å²) in [5.41, 5.74) is 8.69. The van der Waals surface area contributed by atoms with Gasteiger partial charge in [-0.2, -0.15) is 0 Å². The minimum atomic E-state index is -0.303. The fourth-order valence-electron chi connectivity index (χ4n) is 4.96. The van der Waals surface area contributed by atoms with Crippen LogP contribution < -0.4 is 10.6 Å². The molecule has 3 N–H and O–H groups in total. The topological polar surface area (TPSA) is 103 Å². The number of nitrogens with zero attached hydrogens (tertiary/aromatic N) is 3. The van der Waals surface area contributed by atoms with Crippen molar-refractivity contribution in [2.24, 2.45) is 0 Å². The van der Waals surface area contributed by atoms with Crippen molar-refractivity contribution in [2.45, 2.75) is 51.6 Å². The zero-order chi connectivity index (χ0) is 21.8. The van der Waals surface area contributed by atoms with E-state index in [1.165, 1.54) is 28.8 Å². The van der Waals surface area contributed by atoms with E-state index < -0.39 is 0 Å². The average molecular weight is 428 g/mol. The molecule has 6 rings (SSSR count). The highest BCUT2D eigenvalue weighted by molar-refractivity contribution is 6.01. The fraction of sp³-hybridized carbons (Fsp3) is 0.333. The fourth-order valence-corrected chi connectivity index (χ4v) is 4.96. The molecule has 4 heterocycles. The average Bonchev–Trinajstić information content (AvgIpc) is 3.28. The largest absolute Gasteiger partial charge is 0.355 e. The molecule has 1 unspecified atom stereocenters. The van der Waals surface area contributed by atoms with Gasteiger partial charge in [-0.25, -0.2) is 9.97 Å². The van der Waals surface area contributed by atoms with Crippen LogP contribution in [-0.2, 0) is 16.1 Å². The summed E-state index contributed by atoms with van der Waals surface area (Å²) in [4.78, 5) is 38.6. The monoisotopic (exact) mass is 428 g/mol. The molecule has 8 nitrogen and oxygen atoms in total. The highest BCUT2D eigenvalue weighted by Crippen LogP contribution is 2.44. The standard InChI is InChI=1S/C24H24N6O2/c1-13-9-18-21(27-13)23(26-12-25-18)28-16-6-5-15-11-30(19-7-8-20(31)29-24(19)32)22(17(15)10-16)14-3-2-4-14/h5-6,9-10,12,19,27H,2-4,7-8,11H2,1H3,(H,25,26,28)(H,29,31,32). The van der Waals surface area contributed by atoms with Gasteiger partial charge in [0.15, 0.2) is 5.82 Å². The van der Waals surface area contributed by atoms with Gasteiger partial charge in [0.2, 0.25) is 11.8 Å². The van der Waals surface area contributed by atoms with E-state index in [2.05, 4.69) is 48.7 Å². The van der Waals surface area contributed by atoms with Gasteiger partial charge >= 0.3 is 0 Å². The lowest BCUT2D eigenvalue weighted by Crippen LogP contribution is -2.50. The predicted molar refractivity (Wildman–Crippen MR) is 121 cm³/mol. The first-order valence-electron chi connectivity index (χ1n) is 11.1. The minimum absolute atomic E-state index is 0.178. The number of allylic oxidation sites excluding steroid dienone is 1. The number of aromatic nitrogens is 3. The molecule has 1 saturated carbocycles. The maximum atomic E-state index is 12.6. The smallest absolute Gasteiger partial charge is 0.249 e. The molecule has 8 heteroatoms. The van der Waals surface area contributed by atoms with Gasteiger partial charge in [0, 0.05) is 35.6 Å². The molecule has 1 saturated heterocycles.